The van der Waals surface area contributed by atoms with E-state index < -0.39 is 0 Å². The molecule has 8 heteroatoms. The van der Waals surface area contributed by atoms with Gasteiger partial charge in [0.2, 0.25) is 0 Å². The first-order valence-electron chi connectivity index (χ1n) is 10.5. The van der Waals surface area contributed by atoms with Crippen LogP contribution in [0.2, 0.25) is 0 Å². The molecule has 6 nitrogen and oxygen atoms in total. The van der Waals surface area contributed by atoms with Crippen LogP contribution < -0.4 is 20.1 Å². The Hall–Kier alpha value is -1.52. The van der Waals surface area contributed by atoms with E-state index in [4.69, 9.17) is 19.2 Å². The topological polar surface area (TPSA) is 64.1 Å². The predicted octanol–water partition coefficient (Wildman–Crippen LogP) is 4.70. The average Bonchev–Trinajstić information content (AvgIpc) is 3.39. The Bertz CT molecular complexity index is 795. The van der Waals surface area contributed by atoms with Crippen LogP contribution in [0.15, 0.2) is 40.7 Å². The lowest BCUT2D eigenvalue weighted by Crippen LogP contribution is -2.32. The van der Waals surface area contributed by atoms with E-state index in [-0.39, 0.29) is 24.0 Å². The molecule has 4 rings (SSSR count). The van der Waals surface area contributed by atoms with Crippen LogP contribution in [0.5, 0.6) is 11.5 Å². The average molecular weight is 543 g/mol. The van der Waals surface area contributed by atoms with E-state index in [1.807, 2.05) is 18.2 Å². The van der Waals surface area contributed by atoms with Crippen molar-refractivity contribution in [3.63, 3.8) is 0 Å². The van der Waals surface area contributed by atoms with Crippen LogP contribution in [-0.4, -0.2) is 45.0 Å². The Morgan fingerprint density at radius 1 is 1.10 bits per heavy atom. The van der Waals surface area contributed by atoms with Crippen LogP contribution in [0.1, 0.15) is 30.6 Å². The van der Waals surface area contributed by atoms with Crippen molar-refractivity contribution in [1.29, 1.82) is 0 Å². The minimum Gasteiger partial charge on any atom is -0.490 e. The third-order valence-electron chi connectivity index (χ3n) is 5.00. The summed E-state index contributed by atoms with van der Waals surface area (Å²) in [5, 5.41) is 8.99. The van der Waals surface area contributed by atoms with Gasteiger partial charge in [0.1, 0.15) is 0 Å². The maximum atomic E-state index is 5.81. The quantitative estimate of drug-likeness (QED) is 0.301. The van der Waals surface area contributed by atoms with Gasteiger partial charge in [-0.3, -0.25) is 4.99 Å². The van der Waals surface area contributed by atoms with Gasteiger partial charge < -0.3 is 24.8 Å². The van der Waals surface area contributed by atoms with Crippen LogP contribution in [0.3, 0.4) is 0 Å². The summed E-state index contributed by atoms with van der Waals surface area (Å²) in [6.45, 7) is 3.83. The summed E-state index contributed by atoms with van der Waals surface area (Å²) < 4.78 is 17.3. The number of guanidine groups is 1. The van der Waals surface area contributed by atoms with Gasteiger partial charge in [0.25, 0.3) is 0 Å². The zero-order chi connectivity index (χ0) is 19.7. The van der Waals surface area contributed by atoms with Gasteiger partial charge in [-0.25, -0.2) is 0 Å². The zero-order valence-corrected chi connectivity index (χ0v) is 20.2. The number of nitrogens with zero attached hydrogens (tertiary/aromatic N) is 1. The highest BCUT2D eigenvalue weighted by atomic mass is 127. The SMILES string of the molecule is I.c1csc(CCNC(=NCCC2CCCO2)Nc2ccc3c(c2)OCCCO3)c1. The number of fused-ring (bicyclic) bond motifs is 1. The molecule has 0 aliphatic carbocycles. The predicted molar refractivity (Wildman–Crippen MR) is 133 cm³/mol. The molecule has 1 aromatic heterocycles. The number of rotatable bonds is 7. The van der Waals surface area contributed by atoms with Crippen molar-refractivity contribution in [2.45, 2.75) is 38.2 Å². The van der Waals surface area contributed by atoms with Crippen LogP contribution in [-0.2, 0) is 11.2 Å². The van der Waals surface area contributed by atoms with Crippen LogP contribution >= 0.6 is 35.3 Å². The second kappa shape index (κ2) is 12.4. The van der Waals surface area contributed by atoms with E-state index in [9.17, 15) is 0 Å². The third-order valence-corrected chi connectivity index (χ3v) is 5.94. The lowest BCUT2D eigenvalue weighted by atomic mass is 10.2. The molecule has 0 radical (unpaired) electrons. The minimum absolute atomic E-state index is 0. The molecule has 164 valence electrons. The molecule has 2 aliphatic heterocycles. The van der Waals surface area contributed by atoms with Crippen molar-refractivity contribution in [2.75, 3.05) is 38.2 Å². The number of anilines is 1. The molecule has 0 spiro atoms. The Labute approximate surface area is 199 Å². The van der Waals surface area contributed by atoms with E-state index in [0.29, 0.717) is 19.3 Å². The number of benzene rings is 1. The molecular formula is C22H30IN3O3S. The summed E-state index contributed by atoms with van der Waals surface area (Å²) in [5.41, 5.74) is 0.939. The van der Waals surface area contributed by atoms with Gasteiger partial charge in [-0.15, -0.1) is 35.3 Å². The molecule has 30 heavy (non-hydrogen) atoms. The molecule has 3 heterocycles. The standard InChI is InChI=1S/C22H29N3O3S.HI/c1-4-18(26-12-1)8-10-23-22(24-11-9-19-5-2-15-29-19)25-17-6-7-20-21(16-17)28-14-3-13-27-20;/h2,5-7,15-16,18H,1,3-4,8-14H2,(H2,23,24,25);1H. The van der Waals surface area contributed by atoms with E-state index in [1.54, 1.807) is 11.3 Å². The summed E-state index contributed by atoms with van der Waals surface area (Å²) in [6.07, 6.45) is 5.49. The molecule has 0 saturated carbocycles. The number of halogens is 1. The Kier molecular flexibility index (Phi) is 9.54. The van der Waals surface area contributed by atoms with E-state index in [0.717, 1.165) is 74.9 Å². The van der Waals surface area contributed by atoms with E-state index >= 15 is 0 Å². The van der Waals surface area contributed by atoms with Crippen molar-refractivity contribution in [3.05, 3.63) is 40.6 Å². The number of thiophene rings is 1. The largest absolute Gasteiger partial charge is 0.490 e. The fourth-order valence-corrected chi connectivity index (χ4v) is 4.18. The Morgan fingerprint density at radius 2 is 2.00 bits per heavy atom. The van der Waals surface area contributed by atoms with Crippen LogP contribution in [0, 0.1) is 0 Å². The smallest absolute Gasteiger partial charge is 0.195 e. The van der Waals surface area contributed by atoms with Gasteiger partial charge >= 0.3 is 0 Å². The molecule has 0 bridgehead atoms. The fourth-order valence-electron chi connectivity index (χ4n) is 3.47. The number of ether oxygens (including phenoxy) is 3. The Balaban J connectivity index is 0.00000256. The lowest BCUT2D eigenvalue weighted by Gasteiger charge is -2.15. The van der Waals surface area contributed by atoms with Gasteiger partial charge in [-0.2, -0.15) is 0 Å². The molecule has 1 unspecified atom stereocenters. The monoisotopic (exact) mass is 543 g/mol. The van der Waals surface area contributed by atoms with E-state index in [2.05, 4.69) is 28.1 Å². The summed E-state index contributed by atoms with van der Waals surface area (Å²) in [5.74, 6) is 2.37. The van der Waals surface area contributed by atoms with Gasteiger partial charge in [-0.1, -0.05) is 6.07 Å². The first-order chi connectivity index (χ1) is 14.4. The highest BCUT2D eigenvalue weighted by Gasteiger charge is 2.15. The number of nitrogens with one attached hydrogen (secondary N) is 2. The normalized spacial score (nSPS) is 18.4. The highest BCUT2D eigenvalue weighted by Crippen LogP contribution is 2.32. The van der Waals surface area contributed by atoms with Crippen molar-refractivity contribution in [3.8, 4) is 11.5 Å². The first-order valence-corrected chi connectivity index (χ1v) is 11.3. The van der Waals surface area contributed by atoms with Crippen LogP contribution in [0.4, 0.5) is 5.69 Å². The number of aliphatic imine (C=N–C) groups is 1. The van der Waals surface area contributed by atoms with Gasteiger partial charge in [-0.05, 0) is 49.3 Å². The van der Waals surface area contributed by atoms with Gasteiger partial charge in [0.05, 0.1) is 19.3 Å². The summed E-state index contributed by atoms with van der Waals surface area (Å²) in [7, 11) is 0. The lowest BCUT2D eigenvalue weighted by molar-refractivity contribution is 0.106. The molecule has 2 aliphatic rings. The fraction of sp³-hybridized carbons (Fsp3) is 0.500. The molecule has 1 saturated heterocycles. The van der Waals surface area contributed by atoms with Gasteiger partial charge in [0.15, 0.2) is 17.5 Å². The van der Waals surface area contributed by atoms with Crippen molar-refractivity contribution in [1.82, 2.24) is 5.32 Å². The number of hydrogen-bond donors (Lipinski definition) is 2. The van der Waals surface area contributed by atoms with E-state index in [1.165, 1.54) is 4.88 Å². The number of hydrogen-bond acceptors (Lipinski definition) is 5. The molecule has 0 amide bonds. The molecule has 2 N–H and O–H groups in total. The maximum Gasteiger partial charge on any atom is 0.195 e. The third kappa shape index (κ3) is 7.02. The molecular weight excluding hydrogens is 513 g/mol. The summed E-state index contributed by atoms with van der Waals surface area (Å²) in [6, 6.07) is 10.2. The second-order valence-electron chi connectivity index (χ2n) is 7.25. The van der Waals surface area contributed by atoms with Crippen molar-refractivity contribution >= 4 is 47.0 Å². The second-order valence-corrected chi connectivity index (χ2v) is 8.28. The van der Waals surface area contributed by atoms with Crippen molar-refractivity contribution in [2.24, 2.45) is 4.99 Å². The maximum absolute atomic E-state index is 5.81. The van der Waals surface area contributed by atoms with Crippen LogP contribution in [0.25, 0.3) is 0 Å². The molecule has 1 aromatic carbocycles. The highest BCUT2D eigenvalue weighted by molar-refractivity contribution is 14.0. The molecule has 2 aromatic rings. The van der Waals surface area contributed by atoms with Crippen molar-refractivity contribution < 1.29 is 14.2 Å². The zero-order valence-electron chi connectivity index (χ0n) is 17.1. The Morgan fingerprint density at radius 3 is 2.80 bits per heavy atom. The summed E-state index contributed by atoms with van der Waals surface area (Å²) in [4.78, 5) is 6.15. The molecule has 1 atom stereocenters. The molecule has 1 fully saturated rings. The first kappa shape index (κ1) is 23.1. The summed E-state index contributed by atoms with van der Waals surface area (Å²) >= 11 is 1.78. The van der Waals surface area contributed by atoms with Gasteiger partial charge in [0, 0.05) is 42.7 Å². The minimum atomic E-state index is 0.